The van der Waals surface area contributed by atoms with Gasteiger partial charge in [0, 0.05) is 18.4 Å². The van der Waals surface area contributed by atoms with Gasteiger partial charge in [-0.3, -0.25) is 9.78 Å². The molecule has 3 fully saturated rings. The molecule has 0 amide bonds. The number of rotatable bonds is 3. The lowest BCUT2D eigenvalue weighted by Gasteiger charge is -2.58. The number of aromatic nitrogens is 1. The van der Waals surface area contributed by atoms with E-state index in [1.807, 2.05) is 6.20 Å². The molecule has 36 heavy (non-hydrogen) atoms. The van der Waals surface area contributed by atoms with E-state index in [-0.39, 0.29) is 28.3 Å². The molecule has 4 aliphatic carbocycles. The minimum Gasteiger partial charge on any atom is -0.481 e. The molecule has 0 radical (unpaired) electrons. The largest absolute Gasteiger partial charge is 0.481 e. The molecule has 2 saturated carbocycles. The van der Waals surface area contributed by atoms with Crippen LogP contribution in [-0.2, 0) is 4.79 Å². The first-order chi connectivity index (χ1) is 16.8. The van der Waals surface area contributed by atoms with E-state index in [2.05, 4.69) is 61.3 Å². The Morgan fingerprint density at radius 1 is 1.08 bits per heavy atom. The van der Waals surface area contributed by atoms with Crippen LogP contribution in [-0.4, -0.2) is 40.6 Å². The summed E-state index contributed by atoms with van der Waals surface area (Å²) in [6, 6.07) is 4.75. The number of pyridine rings is 1. The summed E-state index contributed by atoms with van der Waals surface area (Å²) >= 11 is 0. The van der Waals surface area contributed by atoms with Gasteiger partial charge in [0.2, 0.25) is 0 Å². The summed E-state index contributed by atoms with van der Waals surface area (Å²) < 4.78 is 0. The number of hydrogen-bond acceptors (Lipinski definition) is 3. The smallest absolute Gasteiger partial charge is 0.306 e. The third-order valence-corrected chi connectivity index (χ3v) is 11.5. The molecule has 2 unspecified atom stereocenters. The molecule has 6 rings (SSSR count). The van der Waals surface area contributed by atoms with Crippen molar-refractivity contribution in [1.29, 1.82) is 0 Å². The van der Waals surface area contributed by atoms with Crippen molar-refractivity contribution in [3.8, 4) is 0 Å². The molecule has 0 spiro atoms. The van der Waals surface area contributed by atoms with Crippen molar-refractivity contribution in [2.24, 2.45) is 40.4 Å². The first-order valence-corrected chi connectivity index (χ1v) is 14.0. The zero-order chi connectivity index (χ0) is 24.4. The van der Waals surface area contributed by atoms with Crippen molar-refractivity contribution in [2.75, 3.05) is 13.6 Å². The number of piperidine rings is 1. The molecule has 8 atom stereocenters. The first kappa shape index (κ1) is 26.2. The molecular formula is C31H43BrN2O2. The maximum absolute atomic E-state index is 11.7. The van der Waals surface area contributed by atoms with Gasteiger partial charge >= 0.3 is 5.97 Å². The highest BCUT2D eigenvalue weighted by molar-refractivity contribution is 8.93. The van der Waals surface area contributed by atoms with Crippen LogP contribution in [0.2, 0.25) is 0 Å². The van der Waals surface area contributed by atoms with Crippen LogP contribution in [0.4, 0.5) is 0 Å². The summed E-state index contributed by atoms with van der Waals surface area (Å²) in [4.78, 5) is 18.6. The molecule has 2 heterocycles. The first-order valence-electron chi connectivity index (χ1n) is 14.0. The van der Waals surface area contributed by atoms with Crippen LogP contribution in [0, 0.1) is 40.4 Å². The predicted molar refractivity (Wildman–Crippen MR) is 150 cm³/mol. The number of fused-ring (bicyclic) bond motifs is 5. The van der Waals surface area contributed by atoms with Crippen molar-refractivity contribution < 1.29 is 9.90 Å². The minimum absolute atomic E-state index is 0. The van der Waals surface area contributed by atoms with Crippen molar-refractivity contribution in [1.82, 2.24) is 9.88 Å². The van der Waals surface area contributed by atoms with Gasteiger partial charge in [-0.1, -0.05) is 37.6 Å². The monoisotopic (exact) mass is 554 g/mol. The zero-order valence-corrected chi connectivity index (χ0v) is 23.9. The number of carbonyl (C=O) groups is 1. The van der Waals surface area contributed by atoms with Gasteiger partial charge in [-0.05, 0) is 123 Å². The van der Waals surface area contributed by atoms with Gasteiger partial charge in [0.15, 0.2) is 0 Å². The van der Waals surface area contributed by atoms with Crippen LogP contribution in [0.1, 0.15) is 77.2 Å². The van der Waals surface area contributed by atoms with Gasteiger partial charge in [-0.2, -0.15) is 0 Å². The predicted octanol–water partition coefficient (Wildman–Crippen LogP) is 7.03. The maximum Gasteiger partial charge on any atom is 0.306 e. The molecule has 5 heteroatoms. The molecule has 1 aliphatic heterocycles. The Morgan fingerprint density at radius 3 is 2.64 bits per heavy atom. The van der Waals surface area contributed by atoms with E-state index >= 15 is 0 Å². The van der Waals surface area contributed by atoms with E-state index in [0.717, 1.165) is 37.1 Å². The van der Waals surface area contributed by atoms with E-state index in [0.29, 0.717) is 17.4 Å². The van der Waals surface area contributed by atoms with Crippen molar-refractivity contribution in [3.05, 3.63) is 47.8 Å². The fraction of sp³-hybridized carbons (Fsp3) is 0.677. The molecular weight excluding hydrogens is 512 g/mol. The highest BCUT2D eigenvalue weighted by Gasteiger charge is 2.57. The Labute approximate surface area is 227 Å². The van der Waals surface area contributed by atoms with E-state index in [1.165, 1.54) is 50.5 Å². The Balaban J connectivity index is 0.00000267. The third-order valence-electron chi connectivity index (χ3n) is 11.5. The van der Waals surface area contributed by atoms with Crippen molar-refractivity contribution in [3.63, 3.8) is 0 Å². The van der Waals surface area contributed by atoms with Gasteiger partial charge < -0.3 is 10.0 Å². The molecule has 1 saturated heterocycles. The summed E-state index contributed by atoms with van der Waals surface area (Å²) in [5, 5.41) is 9.65. The molecule has 1 aromatic heterocycles. The number of nitrogens with zero attached hydrogens (tertiary/aromatic N) is 2. The van der Waals surface area contributed by atoms with E-state index in [4.69, 9.17) is 0 Å². The van der Waals surface area contributed by atoms with Crippen molar-refractivity contribution in [2.45, 2.75) is 77.7 Å². The van der Waals surface area contributed by atoms with Gasteiger partial charge in [0.05, 0.1) is 5.92 Å². The van der Waals surface area contributed by atoms with Crippen LogP contribution in [0.15, 0.2) is 42.3 Å². The van der Waals surface area contributed by atoms with Crippen LogP contribution in [0.5, 0.6) is 0 Å². The molecule has 196 valence electrons. The molecule has 4 nitrogen and oxygen atoms in total. The van der Waals surface area contributed by atoms with Crippen LogP contribution < -0.4 is 0 Å². The fourth-order valence-electron chi connectivity index (χ4n) is 9.45. The molecule has 0 bridgehead atoms. The van der Waals surface area contributed by atoms with Gasteiger partial charge in [-0.15, -0.1) is 17.0 Å². The van der Waals surface area contributed by atoms with Crippen LogP contribution in [0.3, 0.4) is 0 Å². The summed E-state index contributed by atoms with van der Waals surface area (Å²) in [6.45, 7) is 6.05. The van der Waals surface area contributed by atoms with Crippen molar-refractivity contribution >= 4 is 28.5 Å². The number of carboxylic acid groups (broad SMARTS) is 1. The maximum atomic E-state index is 11.7. The lowest BCUT2D eigenvalue weighted by atomic mass is 9.46. The number of halogens is 1. The summed E-state index contributed by atoms with van der Waals surface area (Å²) in [5.41, 5.74) is 5.19. The lowest BCUT2D eigenvalue weighted by molar-refractivity contribution is -0.144. The zero-order valence-electron chi connectivity index (χ0n) is 22.2. The Hall–Kier alpha value is -1.46. The number of aliphatic carboxylic acids is 1. The quantitative estimate of drug-likeness (QED) is 0.407. The highest BCUT2D eigenvalue weighted by Crippen LogP contribution is 2.66. The summed E-state index contributed by atoms with van der Waals surface area (Å²) in [6.07, 6.45) is 19.5. The summed E-state index contributed by atoms with van der Waals surface area (Å²) in [7, 11) is 2.22. The second-order valence-electron chi connectivity index (χ2n) is 12.9. The average Bonchev–Trinajstić information content (AvgIpc) is 3.21. The standard InChI is InChI=1S/C31H42N2O2.BrH/c1-30-13-10-20(28-18-21(29(34)35)12-16-33(28)3)17-23(30)6-7-24-26-9-8-25(22-5-4-15-32-19-22)31(26,2)14-11-27(24)30;/h4-6,8,15,19-21,24,26-28H,7,9-14,16-18H2,1-3H3,(H,34,35);1H/t20-,21?,24-,26-,27-,28?,30-,31+;/m0./s1. The van der Waals surface area contributed by atoms with E-state index in [1.54, 1.807) is 11.1 Å². The Bertz CT molecular complexity index is 1050. The molecule has 0 aromatic carbocycles. The minimum atomic E-state index is -0.593. The lowest BCUT2D eigenvalue weighted by Crippen LogP contribution is -2.52. The molecule has 5 aliphatic rings. The molecule has 1 N–H and O–H groups in total. The van der Waals surface area contributed by atoms with Crippen LogP contribution in [0.25, 0.3) is 5.57 Å². The van der Waals surface area contributed by atoms with E-state index in [9.17, 15) is 9.90 Å². The number of likely N-dealkylation sites (tertiary alicyclic amines) is 1. The second kappa shape index (κ2) is 9.69. The van der Waals surface area contributed by atoms with Gasteiger partial charge in [-0.25, -0.2) is 0 Å². The van der Waals surface area contributed by atoms with Gasteiger partial charge in [0.1, 0.15) is 0 Å². The Kier molecular flexibility index (Phi) is 7.04. The second-order valence-corrected chi connectivity index (χ2v) is 12.9. The third kappa shape index (κ3) is 4.04. The topological polar surface area (TPSA) is 53.4 Å². The average molecular weight is 556 g/mol. The number of carboxylic acids is 1. The Morgan fingerprint density at radius 2 is 1.89 bits per heavy atom. The number of hydrogen-bond donors (Lipinski definition) is 1. The highest BCUT2D eigenvalue weighted by atomic mass is 79.9. The summed E-state index contributed by atoms with van der Waals surface area (Å²) in [5.74, 6) is 2.16. The molecule has 1 aromatic rings. The fourth-order valence-corrected chi connectivity index (χ4v) is 9.45. The van der Waals surface area contributed by atoms with Crippen LogP contribution >= 0.6 is 17.0 Å². The van der Waals surface area contributed by atoms with E-state index < -0.39 is 5.97 Å². The SMILES string of the molecule is Br.CN1CCC(C(=O)O)CC1[C@H]1CC[C@@]2(C)C(=CC[C@@H]3[C@@H]2CC[C@]2(C)C(c4cccnc4)=CC[C@@H]32)C1. The number of allylic oxidation sites excluding steroid dienone is 4. The normalized spacial score (nSPS) is 42.2. The van der Waals surface area contributed by atoms with Gasteiger partial charge in [0.25, 0.3) is 0 Å².